The normalized spacial score (nSPS) is 20.4. The van der Waals surface area contributed by atoms with Crippen LogP contribution < -0.4 is 10.5 Å². The van der Waals surface area contributed by atoms with E-state index in [9.17, 15) is 12.8 Å². The number of anilines is 1. The van der Waals surface area contributed by atoms with Crippen molar-refractivity contribution < 1.29 is 12.8 Å². The molecule has 1 aliphatic heterocycles. The van der Waals surface area contributed by atoms with E-state index in [1.807, 2.05) is 0 Å². The molecule has 0 spiro atoms. The molecule has 0 radical (unpaired) electrons. The quantitative estimate of drug-likeness (QED) is 0.837. The van der Waals surface area contributed by atoms with Gasteiger partial charge in [0.2, 0.25) is 10.0 Å². The number of hydrogen-bond donors (Lipinski definition) is 2. The largest absolute Gasteiger partial charge is 0.399 e. The van der Waals surface area contributed by atoms with Crippen LogP contribution in [0.2, 0.25) is 0 Å². The fourth-order valence-electron chi connectivity index (χ4n) is 2.07. The highest BCUT2D eigenvalue weighted by atomic mass is 32.2. The number of benzene rings is 1. The first-order valence-corrected chi connectivity index (χ1v) is 8.69. The third kappa shape index (κ3) is 3.40. The average Bonchev–Trinajstić information content (AvgIpc) is 2.34. The summed E-state index contributed by atoms with van der Waals surface area (Å²) in [5, 5.41) is 0. The van der Waals surface area contributed by atoms with Crippen LogP contribution in [-0.4, -0.2) is 26.0 Å². The Bertz CT molecular complexity index is 569. The minimum absolute atomic E-state index is 0.0689. The highest BCUT2D eigenvalue weighted by Gasteiger charge is 2.24. The van der Waals surface area contributed by atoms with Gasteiger partial charge in [0.25, 0.3) is 0 Å². The lowest BCUT2D eigenvalue weighted by molar-refractivity contribution is 0.540. The monoisotopic (exact) mass is 304 g/mol. The van der Waals surface area contributed by atoms with Crippen molar-refractivity contribution in [2.24, 2.45) is 0 Å². The highest BCUT2D eigenvalue weighted by Crippen LogP contribution is 2.24. The molecule has 1 atom stereocenters. The highest BCUT2D eigenvalue weighted by molar-refractivity contribution is 7.99. The van der Waals surface area contributed by atoms with Crippen molar-refractivity contribution in [2.75, 3.05) is 17.2 Å². The van der Waals surface area contributed by atoms with Gasteiger partial charge in [-0.1, -0.05) is 0 Å². The topological polar surface area (TPSA) is 72.2 Å². The second-order valence-corrected chi connectivity index (χ2v) is 7.49. The summed E-state index contributed by atoms with van der Waals surface area (Å²) in [4.78, 5) is -0.0689. The van der Waals surface area contributed by atoms with Crippen LogP contribution in [0.1, 0.15) is 18.4 Å². The van der Waals surface area contributed by atoms with E-state index in [-0.39, 0.29) is 22.2 Å². The Morgan fingerprint density at radius 1 is 1.47 bits per heavy atom. The summed E-state index contributed by atoms with van der Waals surface area (Å²) in [7, 11) is -3.72. The minimum atomic E-state index is -3.72. The number of rotatable bonds is 3. The summed E-state index contributed by atoms with van der Waals surface area (Å²) in [6, 6.07) is 2.34. The maximum absolute atomic E-state index is 13.6. The van der Waals surface area contributed by atoms with E-state index < -0.39 is 15.8 Å². The summed E-state index contributed by atoms with van der Waals surface area (Å²) < 4.78 is 40.8. The first kappa shape index (κ1) is 14.6. The van der Waals surface area contributed by atoms with Crippen LogP contribution in [0, 0.1) is 12.7 Å². The zero-order valence-corrected chi connectivity index (χ0v) is 12.3. The van der Waals surface area contributed by atoms with Gasteiger partial charge in [-0.3, -0.25) is 0 Å². The van der Waals surface area contributed by atoms with Crippen LogP contribution in [0.15, 0.2) is 17.0 Å². The van der Waals surface area contributed by atoms with E-state index in [1.54, 1.807) is 11.8 Å². The molecule has 0 amide bonds. The molecule has 1 aliphatic rings. The molecule has 19 heavy (non-hydrogen) atoms. The Kier molecular flexibility index (Phi) is 4.37. The molecule has 1 saturated heterocycles. The van der Waals surface area contributed by atoms with Crippen molar-refractivity contribution in [1.82, 2.24) is 4.72 Å². The molecule has 1 unspecified atom stereocenters. The lowest BCUT2D eigenvalue weighted by atomic mass is 10.2. The van der Waals surface area contributed by atoms with E-state index in [2.05, 4.69) is 4.72 Å². The number of hydrogen-bond acceptors (Lipinski definition) is 4. The first-order chi connectivity index (χ1) is 8.90. The molecule has 0 aliphatic carbocycles. The molecule has 1 heterocycles. The van der Waals surface area contributed by atoms with Crippen molar-refractivity contribution in [3.63, 3.8) is 0 Å². The van der Waals surface area contributed by atoms with Gasteiger partial charge in [0.1, 0.15) is 5.82 Å². The van der Waals surface area contributed by atoms with Crippen molar-refractivity contribution >= 4 is 27.5 Å². The molecule has 0 saturated carbocycles. The zero-order chi connectivity index (χ0) is 14.0. The molecule has 4 nitrogen and oxygen atoms in total. The third-order valence-electron chi connectivity index (χ3n) is 3.09. The van der Waals surface area contributed by atoms with Gasteiger partial charge >= 0.3 is 0 Å². The van der Waals surface area contributed by atoms with Crippen LogP contribution in [0.5, 0.6) is 0 Å². The Morgan fingerprint density at radius 3 is 2.84 bits per heavy atom. The zero-order valence-electron chi connectivity index (χ0n) is 10.6. The lowest BCUT2D eigenvalue weighted by Gasteiger charge is -2.23. The van der Waals surface area contributed by atoms with Gasteiger partial charge in [-0.2, -0.15) is 11.8 Å². The molecule has 0 aromatic heterocycles. The minimum Gasteiger partial charge on any atom is -0.399 e. The summed E-state index contributed by atoms with van der Waals surface area (Å²) >= 11 is 1.72. The van der Waals surface area contributed by atoms with E-state index >= 15 is 0 Å². The fraction of sp³-hybridized carbons (Fsp3) is 0.500. The molecule has 2 rings (SSSR count). The van der Waals surface area contributed by atoms with Crippen LogP contribution >= 0.6 is 11.8 Å². The first-order valence-electron chi connectivity index (χ1n) is 6.06. The summed E-state index contributed by atoms with van der Waals surface area (Å²) in [5.74, 6) is 1.21. The SMILES string of the molecule is Cc1c(F)cc(N)cc1S(=O)(=O)NC1CCCSC1. The fourth-order valence-corrected chi connectivity index (χ4v) is 4.81. The number of sulfonamides is 1. The Labute approximate surface area is 117 Å². The van der Waals surface area contributed by atoms with Crippen molar-refractivity contribution in [1.29, 1.82) is 0 Å². The molecule has 1 aromatic rings. The number of nitrogens with one attached hydrogen (secondary N) is 1. The summed E-state index contributed by atoms with van der Waals surface area (Å²) in [6.45, 7) is 1.44. The second-order valence-electron chi connectivity index (χ2n) is 4.66. The second kappa shape index (κ2) is 5.68. The predicted molar refractivity (Wildman–Crippen MR) is 76.2 cm³/mol. The van der Waals surface area contributed by atoms with Crippen LogP contribution in [0.25, 0.3) is 0 Å². The van der Waals surface area contributed by atoms with Gasteiger partial charge in [-0.25, -0.2) is 17.5 Å². The Morgan fingerprint density at radius 2 is 2.21 bits per heavy atom. The van der Waals surface area contributed by atoms with Gasteiger partial charge in [0.05, 0.1) is 4.90 Å². The lowest BCUT2D eigenvalue weighted by Crippen LogP contribution is -2.38. The number of thioether (sulfide) groups is 1. The molecular weight excluding hydrogens is 287 g/mol. The van der Waals surface area contributed by atoms with Gasteiger partial charge in [-0.15, -0.1) is 0 Å². The molecule has 106 valence electrons. The van der Waals surface area contributed by atoms with E-state index in [0.29, 0.717) is 0 Å². The summed E-state index contributed by atoms with van der Waals surface area (Å²) in [6.07, 6.45) is 1.80. The van der Waals surface area contributed by atoms with Crippen LogP contribution in [0.3, 0.4) is 0 Å². The maximum atomic E-state index is 13.6. The number of nitrogens with two attached hydrogens (primary N) is 1. The number of halogens is 1. The number of nitrogen functional groups attached to an aromatic ring is 1. The van der Waals surface area contributed by atoms with Gasteiger partial charge in [-0.05, 0) is 37.7 Å². The average molecular weight is 304 g/mol. The molecule has 3 N–H and O–H groups in total. The van der Waals surface area contributed by atoms with Crippen molar-refractivity contribution in [3.8, 4) is 0 Å². The van der Waals surface area contributed by atoms with Gasteiger partial charge < -0.3 is 5.73 Å². The van der Waals surface area contributed by atoms with Crippen LogP contribution in [-0.2, 0) is 10.0 Å². The van der Waals surface area contributed by atoms with Crippen LogP contribution in [0.4, 0.5) is 10.1 Å². The van der Waals surface area contributed by atoms with Crippen molar-refractivity contribution in [2.45, 2.75) is 30.7 Å². The van der Waals surface area contributed by atoms with E-state index in [0.717, 1.165) is 30.4 Å². The summed E-state index contributed by atoms with van der Waals surface area (Å²) in [5.41, 5.74) is 5.74. The van der Waals surface area contributed by atoms with Gasteiger partial charge in [0, 0.05) is 23.0 Å². The van der Waals surface area contributed by atoms with E-state index in [1.165, 1.54) is 13.0 Å². The third-order valence-corrected chi connectivity index (χ3v) is 5.95. The Hall–Kier alpha value is -0.790. The predicted octanol–water partition coefficient (Wildman–Crippen LogP) is 1.89. The van der Waals surface area contributed by atoms with Gasteiger partial charge in [0.15, 0.2) is 0 Å². The molecule has 0 bridgehead atoms. The smallest absolute Gasteiger partial charge is 0.241 e. The molecule has 1 fully saturated rings. The molecule has 1 aromatic carbocycles. The van der Waals surface area contributed by atoms with E-state index in [4.69, 9.17) is 5.73 Å². The Balaban J connectivity index is 2.28. The maximum Gasteiger partial charge on any atom is 0.241 e. The van der Waals surface area contributed by atoms with Crippen molar-refractivity contribution in [3.05, 3.63) is 23.5 Å². The standard InChI is InChI=1S/C12H17FN2O2S2/c1-8-11(13)5-9(14)6-12(8)19(16,17)15-10-3-2-4-18-7-10/h5-6,10,15H,2-4,7,14H2,1H3. The molecular formula is C12H17FN2O2S2. The molecule has 7 heteroatoms.